The lowest BCUT2D eigenvalue weighted by atomic mass is 10.1. The Morgan fingerprint density at radius 3 is 2.55 bits per heavy atom. The third-order valence-electron chi connectivity index (χ3n) is 4.61. The molecule has 2 N–H and O–H groups in total. The Kier molecular flexibility index (Phi) is 4.74. The van der Waals surface area contributed by atoms with Crippen LogP contribution in [0.25, 0.3) is 16.9 Å². The highest BCUT2D eigenvalue weighted by molar-refractivity contribution is 5.99. The predicted octanol–water partition coefficient (Wildman–Crippen LogP) is 2.44. The van der Waals surface area contributed by atoms with Crippen LogP contribution >= 0.6 is 0 Å². The zero-order valence-electron chi connectivity index (χ0n) is 15.7. The third kappa shape index (κ3) is 3.55. The van der Waals surface area contributed by atoms with Gasteiger partial charge in [-0.3, -0.25) is 14.6 Å². The van der Waals surface area contributed by atoms with E-state index >= 15 is 0 Å². The minimum absolute atomic E-state index is 0.0638. The van der Waals surface area contributed by atoms with E-state index in [2.05, 4.69) is 15.1 Å². The van der Waals surface area contributed by atoms with E-state index in [1.54, 1.807) is 33.9 Å². The van der Waals surface area contributed by atoms with E-state index in [4.69, 9.17) is 5.73 Å². The van der Waals surface area contributed by atoms with Crippen molar-refractivity contribution in [2.24, 2.45) is 5.73 Å². The van der Waals surface area contributed by atoms with Crippen molar-refractivity contribution in [2.45, 2.75) is 13.5 Å². The Hall–Kier alpha value is -4.07. The first-order valence-corrected chi connectivity index (χ1v) is 8.94. The van der Waals surface area contributed by atoms with E-state index in [0.29, 0.717) is 17.8 Å². The molecular weight excluding hydrogens is 368 g/mol. The maximum absolute atomic E-state index is 12.2. The Morgan fingerprint density at radius 2 is 1.90 bits per heavy atom. The number of nitrogens with two attached hydrogens (primary N) is 1. The number of benzene rings is 1. The number of aromatic nitrogens is 4. The summed E-state index contributed by atoms with van der Waals surface area (Å²) >= 11 is 0. The van der Waals surface area contributed by atoms with Crippen LogP contribution in [-0.4, -0.2) is 31.4 Å². The molecule has 0 saturated heterocycles. The number of carbonyl (C=O) groups excluding carboxylic acids is 2. The van der Waals surface area contributed by atoms with Gasteiger partial charge in [0.1, 0.15) is 6.33 Å². The summed E-state index contributed by atoms with van der Waals surface area (Å²) in [6.07, 6.45) is 4.82. The Morgan fingerprint density at radius 1 is 1.10 bits per heavy atom. The second kappa shape index (κ2) is 7.51. The van der Waals surface area contributed by atoms with Gasteiger partial charge >= 0.3 is 0 Å². The molecule has 0 radical (unpaired) electrons. The van der Waals surface area contributed by atoms with Gasteiger partial charge < -0.3 is 10.6 Å². The molecule has 0 aliphatic rings. The second-order valence-electron chi connectivity index (χ2n) is 6.51. The van der Waals surface area contributed by atoms with Crippen molar-refractivity contribution in [3.05, 3.63) is 78.4 Å². The summed E-state index contributed by atoms with van der Waals surface area (Å²) in [7, 11) is 0. The maximum Gasteiger partial charge on any atom is 0.252 e. The molecule has 0 atom stereocenters. The molecule has 8 nitrogen and oxygen atoms in total. The van der Waals surface area contributed by atoms with Crippen LogP contribution in [0.2, 0.25) is 0 Å². The number of anilines is 1. The Labute approximate surface area is 166 Å². The number of pyridine rings is 2. The summed E-state index contributed by atoms with van der Waals surface area (Å²) in [6, 6.07) is 14.7. The minimum Gasteiger partial charge on any atom is -0.365 e. The molecule has 1 aromatic carbocycles. The number of nitrogens with zero attached hydrogens (tertiary/aromatic N) is 5. The highest BCUT2D eigenvalue weighted by Gasteiger charge is 2.15. The monoisotopic (exact) mass is 386 g/mol. The summed E-state index contributed by atoms with van der Waals surface area (Å²) in [4.78, 5) is 33.7. The van der Waals surface area contributed by atoms with Crippen molar-refractivity contribution in [3.8, 4) is 11.3 Å². The number of amides is 2. The molecule has 0 aliphatic heterocycles. The molecule has 0 spiro atoms. The summed E-state index contributed by atoms with van der Waals surface area (Å²) in [5.41, 5.74) is 9.46. The van der Waals surface area contributed by atoms with Crippen LogP contribution in [-0.2, 0) is 11.3 Å². The van der Waals surface area contributed by atoms with Crippen molar-refractivity contribution in [1.82, 2.24) is 19.6 Å². The first kappa shape index (κ1) is 18.3. The number of rotatable bonds is 5. The summed E-state index contributed by atoms with van der Waals surface area (Å²) in [5, 5.41) is 4.21. The van der Waals surface area contributed by atoms with E-state index in [9.17, 15) is 9.59 Å². The molecule has 29 heavy (non-hydrogen) atoms. The van der Waals surface area contributed by atoms with Gasteiger partial charge in [-0.2, -0.15) is 5.10 Å². The molecule has 0 unspecified atom stereocenters. The fraction of sp³-hybridized carbons (Fsp3) is 0.0952. The normalized spacial score (nSPS) is 10.8. The van der Waals surface area contributed by atoms with Crippen LogP contribution < -0.4 is 10.6 Å². The first-order chi connectivity index (χ1) is 14.0. The predicted molar refractivity (Wildman–Crippen MR) is 108 cm³/mol. The van der Waals surface area contributed by atoms with E-state index in [1.807, 2.05) is 36.4 Å². The van der Waals surface area contributed by atoms with Crippen LogP contribution in [0.1, 0.15) is 22.8 Å². The van der Waals surface area contributed by atoms with Crippen molar-refractivity contribution in [2.75, 3.05) is 4.90 Å². The van der Waals surface area contributed by atoms with E-state index in [1.165, 1.54) is 13.3 Å². The van der Waals surface area contributed by atoms with Crippen LogP contribution in [0.15, 0.2) is 67.3 Å². The van der Waals surface area contributed by atoms with Crippen molar-refractivity contribution in [3.63, 3.8) is 0 Å². The van der Waals surface area contributed by atoms with Crippen LogP contribution in [0.3, 0.4) is 0 Å². The van der Waals surface area contributed by atoms with Crippen molar-refractivity contribution in [1.29, 1.82) is 0 Å². The van der Waals surface area contributed by atoms with Gasteiger partial charge in [-0.25, -0.2) is 9.50 Å². The molecule has 2 amide bonds. The molecule has 4 rings (SSSR count). The molecule has 3 heterocycles. The maximum atomic E-state index is 12.2. The summed E-state index contributed by atoms with van der Waals surface area (Å²) in [6.45, 7) is 1.97. The molecule has 0 aliphatic carbocycles. The molecule has 0 bridgehead atoms. The standard InChI is InChI=1S/C21H18N6O2/c1-14(28)26(12-15-3-2-10-23-11-15)17-6-4-16(5-7-17)19-9-8-18(20(22)29)21-24-13-25-27(19)21/h2-11,13H,12H2,1H3,(H2,22,29). The van der Waals surface area contributed by atoms with Crippen LogP contribution in [0.4, 0.5) is 5.69 Å². The van der Waals surface area contributed by atoms with Gasteiger partial charge in [0.25, 0.3) is 5.91 Å². The van der Waals surface area contributed by atoms with E-state index < -0.39 is 5.91 Å². The zero-order chi connectivity index (χ0) is 20.4. The highest BCUT2D eigenvalue weighted by atomic mass is 16.2. The van der Waals surface area contributed by atoms with Crippen molar-refractivity contribution >= 4 is 23.1 Å². The van der Waals surface area contributed by atoms with Crippen LogP contribution in [0.5, 0.6) is 0 Å². The highest BCUT2D eigenvalue weighted by Crippen LogP contribution is 2.25. The molecular formula is C21H18N6O2. The summed E-state index contributed by atoms with van der Waals surface area (Å²) < 4.78 is 1.58. The topological polar surface area (TPSA) is 106 Å². The first-order valence-electron chi connectivity index (χ1n) is 8.94. The number of hydrogen-bond acceptors (Lipinski definition) is 5. The van der Waals surface area contributed by atoms with E-state index in [0.717, 1.165) is 22.5 Å². The lowest BCUT2D eigenvalue weighted by molar-refractivity contribution is -0.116. The second-order valence-corrected chi connectivity index (χ2v) is 6.51. The molecule has 4 aromatic rings. The molecule has 3 aromatic heterocycles. The third-order valence-corrected chi connectivity index (χ3v) is 4.61. The fourth-order valence-corrected chi connectivity index (χ4v) is 3.19. The number of hydrogen-bond donors (Lipinski definition) is 1. The number of carbonyl (C=O) groups is 2. The van der Waals surface area contributed by atoms with E-state index in [-0.39, 0.29) is 5.91 Å². The van der Waals surface area contributed by atoms with Gasteiger partial charge in [0.05, 0.1) is 17.8 Å². The zero-order valence-corrected chi connectivity index (χ0v) is 15.7. The average molecular weight is 386 g/mol. The lowest BCUT2D eigenvalue weighted by Gasteiger charge is -2.21. The van der Waals surface area contributed by atoms with Crippen LogP contribution in [0, 0.1) is 0 Å². The number of fused-ring (bicyclic) bond motifs is 1. The van der Waals surface area contributed by atoms with Gasteiger partial charge in [0.2, 0.25) is 5.91 Å². The summed E-state index contributed by atoms with van der Waals surface area (Å²) in [5.74, 6) is -0.622. The SMILES string of the molecule is CC(=O)N(Cc1cccnc1)c1ccc(-c2ccc(C(N)=O)c3ncnn23)cc1. The molecule has 8 heteroatoms. The van der Waals surface area contributed by atoms with Gasteiger partial charge in [0, 0.05) is 30.6 Å². The molecule has 144 valence electrons. The Bertz CT molecular complexity index is 1190. The van der Waals surface area contributed by atoms with Gasteiger partial charge in [-0.05, 0) is 35.9 Å². The van der Waals surface area contributed by atoms with Gasteiger partial charge in [-0.1, -0.05) is 18.2 Å². The van der Waals surface area contributed by atoms with Gasteiger partial charge in [-0.15, -0.1) is 0 Å². The molecule has 0 saturated carbocycles. The van der Waals surface area contributed by atoms with Crippen molar-refractivity contribution < 1.29 is 9.59 Å². The molecule has 0 fully saturated rings. The average Bonchev–Trinajstić information content (AvgIpc) is 3.22. The minimum atomic E-state index is -0.558. The quantitative estimate of drug-likeness (QED) is 0.567. The lowest BCUT2D eigenvalue weighted by Crippen LogP contribution is -2.27. The largest absolute Gasteiger partial charge is 0.365 e. The number of primary amides is 1. The Balaban J connectivity index is 1.68. The fourth-order valence-electron chi connectivity index (χ4n) is 3.19. The van der Waals surface area contributed by atoms with Gasteiger partial charge in [0.15, 0.2) is 5.65 Å². The smallest absolute Gasteiger partial charge is 0.252 e.